The van der Waals surface area contributed by atoms with Crippen LogP contribution in [0.1, 0.15) is 41.0 Å². The van der Waals surface area contributed by atoms with Gasteiger partial charge < -0.3 is 35.5 Å². The first-order chi connectivity index (χ1) is 11.8. The molecule has 26 heavy (non-hydrogen) atoms. The molecule has 4 atom stereocenters. The Labute approximate surface area is 153 Å². The van der Waals surface area contributed by atoms with Crippen molar-refractivity contribution >= 4 is 18.0 Å². The number of amides is 1. The van der Waals surface area contributed by atoms with E-state index in [1.807, 2.05) is 0 Å². The summed E-state index contributed by atoms with van der Waals surface area (Å²) in [6, 6.07) is -2.42. The predicted octanol–water partition coefficient (Wildman–Crippen LogP) is 0.0108. The summed E-state index contributed by atoms with van der Waals surface area (Å²) < 4.78 is 15.2. The largest absolute Gasteiger partial charge is 0.480 e. The molecule has 0 aromatic rings. The van der Waals surface area contributed by atoms with Crippen LogP contribution in [0.15, 0.2) is 0 Å². The van der Waals surface area contributed by atoms with Crippen LogP contribution in [0.2, 0.25) is 0 Å². The van der Waals surface area contributed by atoms with Gasteiger partial charge in [-0.25, -0.2) is 9.59 Å². The summed E-state index contributed by atoms with van der Waals surface area (Å²) in [5.41, 5.74) is 4.66. The second-order valence-electron chi connectivity index (χ2n) is 6.83. The second kappa shape index (κ2) is 10.9. The van der Waals surface area contributed by atoms with Gasteiger partial charge in [-0.1, -0.05) is 0 Å². The topological polar surface area (TPSA) is 157 Å². The molecule has 152 valence electrons. The Hall–Kier alpha value is -1.91. The van der Waals surface area contributed by atoms with Crippen molar-refractivity contribution in [2.24, 2.45) is 5.73 Å². The molecule has 5 N–H and O–H groups in total. The first kappa shape index (κ1) is 24.1. The van der Waals surface area contributed by atoms with Crippen molar-refractivity contribution in [1.82, 2.24) is 5.32 Å². The van der Waals surface area contributed by atoms with Crippen molar-refractivity contribution < 1.29 is 38.8 Å². The molecule has 0 aromatic heterocycles. The molecule has 0 bridgehead atoms. The Morgan fingerprint density at radius 3 is 2.19 bits per heavy atom. The van der Waals surface area contributed by atoms with Crippen LogP contribution in [0, 0.1) is 0 Å². The Bertz CT molecular complexity index is 475. The van der Waals surface area contributed by atoms with E-state index in [-0.39, 0.29) is 13.2 Å². The molecule has 0 radical (unpaired) electrons. The van der Waals surface area contributed by atoms with E-state index in [0.717, 1.165) is 0 Å². The lowest BCUT2D eigenvalue weighted by molar-refractivity contribution is -0.148. The molecule has 0 spiro atoms. The number of esters is 1. The number of aliphatic hydroxyl groups is 1. The fourth-order valence-corrected chi connectivity index (χ4v) is 1.70. The highest BCUT2D eigenvalue weighted by Crippen LogP contribution is 2.08. The number of alkyl carbamates (subject to hydrolysis) is 1. The average molecular weight is 378 g/mol. The van der Waals surface area contributed by atoms with Crippen LogP contribution in [0.25, 0.3) is 0 Å². The van der Waals surface area contributed by atoms with Gasteiger partial charge in [-0.3, -0.25) is 4.79 Å². The summed E-state index contributed by atoms with van der Waals surface area (Å²) in [4.78, 5) is 34.4. The fourth-order valence-electron chi connectivity index (χ4n) is 1.70. The maximum absolute atomic E-state index is 11.7. The first-order valence-electron chi connectivity index (χ1n) is 8.29. The molecule has 0 rings (SSSR count). The van der Waals surface area contributed by atoms with Crippen molar-refractivity contribution in [2.75, 3.05) is 13.2 Å². The molecule has 10 heteroatoms. The number of aliphatic carboxylic acids is 1. The Kier molecular flexibility index (Phi) is 10.1. The number of carboxylic acid groups (broad SMARTS) is 1. The molecule has 0 aliphatic carbocycles. The monoisotopic (exact) mass is 378 g/mol. The number of carbonyl (C=O) groups is 3. The highest BCUT2D eigenvalue weighted by molar-refractivity contribution is 5.80. The molecular weight excluding hydrogens is 348 g/mol. The Balaban J connectivity index is 4.28. The zero-order valence-electron chi connectivity index (χ0n) is 15.9. The van der Waals surface area contributed by atoms with Gasteiger partial charge in [-0.05, 0) is 34.6 Å². The summed E-state index contributed by atoms with van der Waals surface area (Å²) in [7, 11) is 0. The Morgan fingerprint density at radius 2 is 1.73 bits per heavy atom. The van der Waals surface area contributed by atoms with Gasteiger partial charge in [0.2, 0.25) is 0 Å². The van der Waals surface area contributed by atoms with Crippen molar-refractivity contribution in [3.05, 3.63) is 0 Å². The minimum atomic E-state index is -1.30. The summed E-state index contributed by atoms with van der Waals surface area (Å²) in [6.45, 7) is 7.94. The average Bonchev–Trinajstić information content (AvgIpc) is 2.48. The predicted molar refractivity (Wildman–Crippen MR) is 91.4 cm³/mol. The fraction of sp³-hybridized carbons (Fsp3) is 0.812. The van der Waals surface area contributed by atoms with E-state index >= 15 is 0 Å². The van der Waals surface area contributed by atoms with Crippen LogP contribution in [-0.2, 0) is 23.8 Å². The quantitative estimate of drug-likeness (QED) is 0.303. The van der Waals surface area contributed by atoms with E-state index in [0.29, 0.717) is 6.42 Å². The van der Waals surface area contributed by atoms with Crippen molar-refractivity contribution in [2.45, 2.75) is 70.9 Å². The summed E-state index contributed by atoms with van der Waals surface area (Å²) >= 11 is 0. The van der Waals surface area contributed by atoms with E-state index in [2.05, 4.69) is 5.32 Å². The summed E-state index contributed by atoms with van der Waals surface area (Å²) in [5, 5.41) is 20.6. The van der Waals surface area contributed by atoms with Gasteiger partial charge >= 0.3 is 18.0 Å². The van der Waals surface area contributed by atoms with Crippen LogP contribution < -0.4 is 11.1 Å². The van der Waals surface area contributed by atoms with E-state index < -0.39 is 47.9 Å². The molecule has 0 unspecified atom stereocenters. The van der Waals surface area contributed by atoms with Gasteiger partial charge in [0.15, 0.2) is 6.04 Å². The molecule has 0 saturated heterocycles. The number of carboxylic acids is 1. The molecule has 0 heterocycles. The van der Waals surface area contributed by atoms with Gasteiger partial charge in [0.25, 0.3) is 0 Å². The summed E-state index contributed by atoms with van der Waals surface area (Å²) in [5.74, 6) is -2.00. The van der Waals surface area contributed by atoms with Gasteiger partial charge in [-0.15, -0.1) is 0 Å². The SMILES string of the molecule is C[C@@H](O)[C@H](N)C(=O)OCCCO[C@H](C)[C@H](NC(=O)OC(C)(C)C)C(=O)O. The highest BCUT2D eigenvalue weighted by Gasteiger charge is 2.29. The zero-order valence-corrected chi connectivity index (χ0v) is 15.9. The standard InChI is InChI=1S/C16H30N2O8/c1-9(19)11(17)14(22)25-8-6-7-24-10(2)12(13(20)21)18-15(23)26-16(3,4)5/h9-12,19H,6-8,17H2,1-5H3,(H,18,23)(H,20,21)/t9-,10-,11+,12+/m1/s1. The van der Waals surface area contributed by atoms with Crippen LogP contribution in [-0.4, -0.2) is 71.4 Å². The van der Waals surface area contributed by atoms with Gasteiger partial charge in [0.05, 0.1) is 25.4 Å². The normalized spacial score (nSPS) is 16.1. The maximum Gasteiger partial charge on any atom is 0.408 e. The smallest absolute Gasteiger partial charge is 0.408 e. The van der Waals surface area contributed by atoms with Crippen molar-refractivity contribution in [1.29, 1.82) is 0 Å². The van der Waals surface area contributed by atoms with Gasteiger partial charge in [-0.2, -0.15) is 0 Å². The third-order valence-corrected chi connectivity index (χ3v) is 3.11. The van der Waals surface area contributed by atoms with E-state index in [1.165, 1.54) is 13.8 Å². The number of ether oxygens (including phenoxy) is 3. The molecule has 0 saturated carbocycles. The lowest BCUT2D eigenvalue weighted by atomic mass is 10.2. The highest BCUT2D eigenvalue weighted by atomic mass is 16.6. The number of carbonyl (C=O) groups excluding carboxylic acids is 2. The minimum absolute atomic E-state index is 0.00318. The molecule has 1 amide bonds. The number of hydrogen-bond acceptors (Lipinski definition) is 8. The van der Waals surface area contributed by atoms with Crippen LogP contribution in [0.3, 0.4) is 0 Å². The number of hydrogen-bond donors (Lipinski definition) is 4. The Morgan fingerprint density at radius 1 is 1.15 bits per heavy atom. The first-order valence-corrected chi connectivity index (χ1v) is 8.29. The van der Waals surface area contributed by atoms with Crippen LogP contribution in [0.5, 0.6) is 0 Å². The lowest BCUT2D eigenvalue weighted by Gasteiger charge is -2.25. The van der Waals surface area contributed by atoms with Crippen molar-refractivity contribution in [3.8, 4) is 0 Å². The maximum atomic E-state index is 11.7. The van der Waals surface area contributed by atoms with Gasteiger partial charge in [0, 0.05) is 6.42 Å². The van der Waals surface area contributed by atoms with Gasteiger partial charge in [0.1, 0.15) is 11.6 Å². The molecule has 0 fully saturated rings. The third-order valence-electron chi connectivity index (χ3n) is 3.11. The van der Waals surface area contributed by atoms with E-state index in [9.17, 15) is 24.6 Å². The molecular formula is C16H30N2O8. The number of nitrogens with two attached hydrogens (primary N) is 1. The lowest BCUT2D eigenvalue weighted by Crippen LogP contribution is -2.50. The third kappa shape index (κ3) is 10.2. The minimum Gasteiger partial charge on any atom is -0.480 e. The number of aliphatic hydroxyl groups excluding tert-OH is 1. The zero-order chi connectivity index (χ0) is 20.5. The molecule has 0 aliphatic heterocycles. The molecule has 0 aromatic carbocycles. The summed E-state index contributed by atoms with van der Waals surface area (Å²) in [6.07, 6.45) is -2.42. The number of nitrogens with one attached hydrogen (secondary N) is 1. The number of rotatable bonds is 10. The van der Waals surface area contributed by atoms with Crippen molar-refractivity contribution in [3.63, 3.8) is 0 Å². The molecule has 0 aliphatic rings. The second-order valence-corrected chi connectivity index (χ2v) is 6.83. The van der Waals surface area contributed by atoms with E-state index in [1.54, 1.807) is 20.8 Å². The van der Waals surface area contributed by atoms with Crippen LogP contribution >= 0.6 is 0 Å². The van der Waals surface area contributed by atoms with Crippen LogP contribution in [0.4, 0.5) is 4.79 Å². The molecule has 10 nitrogen and oxygen atoms in total. The van der Waals surface area contributed by atoms with E-state index in [4.69, 9.17) is 19.9 Å².